The summed E-state index contributed by atoms with van der Waals surface area (Å²) in [6.07, 6.45) is 1.86. The van der Waals surface area contributed by atoms with Crippen molar-refractivity contribution >= 4 is 39.2 Å². The molecule has 4 heterocycles. The maximum atomic E-state index is 13.5. The first kappa shape index (κ1) is 25.3. The molecule has 2 amide bonds. The number of hydrogen-bond donors (Lipinski definition) is 4. The fraction of sp³-hybridized carbons (Fsp3) is 0.583. The summed E-state index contributed by atoms with van der Waals surface area (Å²) in [5.74, 6) is 1.71. The van der Waals surface area contributed by atoms with Crippen LogP contribution in [-0.2, 0) is 4.74 Å². The van der Waals surface area contributed by atoms with Crippen molar-refractivity contribution in [1.29, 1.82) is 5.41 Å². The van der Waals surface area contributed by atoms with Crippen LogP contribution in [0.1, 0.15) is 32.5 Å². The number of carbonyl (C=O) groups is 1. The van der Waals surface area contributed by atoms with E-state index in [0.717, 1.165) is 42.8 Å². The number of aryl methyl sites for hydroxylation is 1. The molecule has 1 saturated heterocycles. The van der Waals surface area contributed by atoms with Gasteiger partial charge < -0.3 is 30.9 Å². The minimum Gasteiger partial charge on any atom is -0.400 e. The zero-order chi connectivity index (χ0) is 25.3. The Bertz CT molecular complexity index is 1140. The molecular formula is C24H36N8O2S. The molecule has 0 bridgehead atoms. The highest BCUT2D eigenvalue weighted by molar-refractivity contribution is 7.16. The second-order valence-corrected chi connectivity index (χ2v) is 11.0. The summed E-state index contributed by atoms with van der Waals surface area (Å²) in [5.41, 5.74) is 6.91. The summed E-state index contributed by atoms with van der Waals surface area (Å²) in [6.45, 7) is 8.11. The van der Waals surface area contributed by atoms with Crippen LogP contribution in [-0.4, -0.2) is 83.6 Å². The van der Waals surface area contributed by atoms with Crippen molar-refractivity contribution in [2.75, 3.05) is 45.7 Å². The van der Waals surface area contributed by atoms with Gasteiger partial charge in [-0.3, -0.25) is 5.41 Å². The van der Waals surface area contributed by atoms with Crippen molar-refractivity contribution < 1.29 is 9.53 Å². The van der Waals surface area contributed by atoms with Gasteiger partial charge in [-0.15, -0.1) is 11.3 Å². The van der Waals surface area contributed by atoms with E-state index in [4.69, 9.17) is 15.9 Å². The maximum absolute atomic E-state index is 13.5. The van der Waals surface area contributed by atoms with E-state index in [0.29, 0.717) is 28.8 Å². The molecule has 1 atom stereocenters. The lowest BCUT2D eigenvalue weighted by Gasteiger charge is -2.37. The van der Waals surface area contributed by atoms with E-state index in [1.54, 1.807) is 4.90 Å². The monoisotopic (exact) mass is 500 g/mol. The normalized spacial score (nSPS) is 19.4. The predicted octanol–water partition coefficient (Wildman–Crippen LogP) is 2.76. The van der Waals surface area contributed by atoms with Crippen LogP contribution in [0, 0.1) is 18.3 Å². The lowest BCUT2D eigenvalue weighted by Crippen LogP contribution is -2.56. The third-order valence-corrected chi connectivity index (χ3v) is 7.71. The number of amidine groups is 1. The number of ether oxygens (including phenoxy) is 1. The highest BCUT2D eigenvalue weighted by atomic mass is 32.1. The summed E-state index contributed by atoms with van der Waals surface area (Å²) < 4.78 is 5.53. The first-order chi connectivity index (χ1) is 16.6. The number of aromatic nitrogens is 2. The number of nitrogens with two attached hydrogens (primary N) is 1. The topological polar surface area (TPSA) is 132 Å². The summed E-state index contributed by atoms with van der Waals surface area (Å²) in [4.78, 5) is 27.2. The van der Waals surface area contributed by atoms with Gasteiger partial charge >= 0.3 is 6.03 Å². The second-order valence-electron chi connectivity index (χ2n) is 10.1. The van der Waals surface area contributed by atoms with Gasteiger partial charge in [-0.1, -0.05) is 0 Å². The predicted molar refractivity (Wildman–Crippen MR) is 140 cm³/mol. The lowest BCUT2D eigenvalue weighted by molar-refractivity contribution is 0.0498. The van der Waals surface area contributed by atoms with E-state index < -0.39 is 5.54 Å². The largest absolute Gasteiger partial charge is 0.400 e. The van der Waals surface area contributed by atoms with Gasteiger partial charge in [0.25, 0.3) is 0 Å². The number of nitrogens with one attached hydrogen (secondary N) is 3. The summed E-state index contributed by atoms with van der Waals surface area (Å²) >= 11 is 1.53. The maximum Gasteiger partial charge on any atom is 0.318 e. The van der Waals surface area contributed by atoms with Gasteiger partial charge in [-0.25, -0.2) is 14.8 Å². The Hall–Kier alpha value is -2.76. The van der Waals surface area contributed by atoms with Gasteiger partial charge in [-0.2, -0.15) is 0 Å². The van der Waals surface area contributed by atoms with Gasteiger partial charge in [0, 0.05) is 37.1 Å². The molecule has 190 valence electrons. The second kappa shape index (κ2) is 10.1. The summed E-state index contributed by atoms with van der Waals surface area (Å²) in [6, 6.07) is 1.78. The smallest absolute Gasteiger partial charge is 0.318 e. The molecule has 0 spiro atoms. The van der Waals surface area contributed by atoms with Crippen LogP contribution in [0.2, 0.25) is 0 Å². The van der Waals surface area contributed by atoms with Gasteiger partial charge in [0.2, 0.25) is 0 Å². The molecule has 11 heteroatoms. The molecular weight excluding hydrogens is 464 g/mol. The van der Waals surface area contributed by atoms with Crippen LogP contribution in [0.25, 0.3) is 10.2 Å². The van der Waals surface area contributed by atoms with E-state index in [-0.39, 0.29) is 24.5 Å². The highest BCUT2D eigenvalue weighted by Gasteiger charge is 2.43. The Kier molecular flexibility index (Phi) is 7.30. The quantitative estimate of drug-likeness (QED) is 0.354. The van der Waals surface area contributed by atoms with Gasteiger partial charge in [0.05, 0.1) is 17.5 Å². The molecule has 0 aliphatic carbocycles. The van der Waals surface area contributed by atoms with E-state index in [1.165, 1.54) is 11.3 Å². The number of anilines is 1. The van der Waals surface area contributed by atoms with Crippen LogP contribution in [0.4, 0.5) is 10.6 Å². The van der Waals surface area contributed by atoms with Crippen molar-refractivity contribution in [3.8, 4) is 0 Å². The molecule has 2 aliphatic rings. The Morgan fingerprint density at radius 3 is 2.77 bits per heavy atom. The van der Waals surface area contributed by atoms with E-state index in [9.17, 15) is 4.79 Å². The van der Waals surface area contributed by atoms with E-state index in [1.807, 2.05) is 46.3 Å². The molecule has 2 aromatic rings. The highest BCUT2D eigenvalue weighted by Crippen LogP contribution is 2.33. The fourth-order valence-electron chi connectivity index (χ4n) is 4.81. The first-order valence-electron chi connectivity index (χ1n) is 12.0. The average molecular weight is 501 g/mol. The van der Waals surface area contributed by atoms with E-state index in [2.05, 4.69) is 25.5 Å². The number of hydrogen-bond acceptors (Lipinski definition) is 8. The number of amides is 2. The van der Waals surface area contributed by atoms with Crippen molar-refractivity contribution in [2.45, 2.75) is 45.2 Å². The van der Waals surface area contributed by atoms with Crippen molar-refractivity contribution in [2.24, 2.45) is 11.7 Å². The third kappa shape index (κ3) is 5.26. The lowest BCUT2D eigenvalue weighted by atomic mass is 9.91. The van der Waals surface area contributed by atoms with Crippen LogP contribution < -0.4 is 16.4 Å². The molecule has 0 unspecified atom stereocenters. The van der Waals surface area contributed by atoms with Crippen molar-refractivity contribution in [1.82, 2.24) is 25.1 Å². The number of urea groups is 1. The first-order valence-corrected chi connectivity index (χ1v) is 12.8. The van der Waals surface area contributed by atoms with Crippen LogP contribution in [0.3, 0.4) is 0 Å². The minimum atomic E-state index is -0.731. The Balaban J connectivity index is 1.50. The van der Waals surface area contributed by atoms with E-state index >= 15 is 0 Å². The molecule has 1 fully saturated rings. The molecule has 0 aromatic carbocycles. The fourth-order valence-corrected chi connectivity index (χ4v) is 5.62. The molecule has 4 rings (SSSR count). The molecule has 0 saturated carbocycles. The number of likely N-dealkylation sites (N-methyl/N-ethyl adjacent to an activating group) is 1. The molecule has 35 heavy (non-hydrogen) atoms. The molecule has 5 N–H and O–H groups in total. The van der Waals surface area contributed by atoms with Gasteiger partial charge in [0.1, 0.15) is 22.3 Å². The summed E-state index contributed by atoms with van der Waals surface area (Å²) in [7, 11) is 4.03. The SMILES string of the molecule is Cc1nc(NC(=N)C2=C(N)C(C)(C)N(C(=O)N[C@H](CN(C)C)C3CCOCC3)C2)c2ccsc2n1. The van der Waals surface area contributed by atoms with Crippen LogP contribution in [0.5, 0.6) is 0 Å². The Morgan fingerprint density at radius 1 is 1.37 bits per heavy atom. The number of carbonyl (C=O) groups excluding carboxylic acids is 1. The average Bonchev–Trinajstić information content (AvgIpc) is 3.36. The number of nitrogens with zero attached hydrogens (tertiary/aromatic N) is 4. The molecule has 10 nitrogen and oxygen atoms in total. The van der Waals surface area contributed by atoms with Crippen molar-refractivity contribution in [3.63, 3.8) is 0 Å². The zero-order valence-electron chi connectivity index (χ0n) is 21.1. The third-order valence-electron chi connectivity index (χ3n) is 6.91. The zero-order valence-corrected chi connectivity index (χ0v) is 22.0. The van der Waals surface area contributed by atoms with Gasteiger partial charge in [-0.05, 0) is 65.1 Å². The number of thiophene rings is 1. The minimum absolute atomic E-state index is 0.0101. The van der Waals surface area contributed by atoms with Crippen LogP contribution in [0.15, 0.2) is 22.7 Å². The molecule has 2 aliphatic heterocycles. The van der Waals surface area contributed by atoms with Crippen LogP contribution >= 0.6 is 11.3 Å². The number of fused-ring (bicyclic) bond motifs is 1. The Labute approximate surface area is 210 Å². The molecule has 2 aromatic heterocycles. The summed E-state index contributed by atoms with van der Waals surface area (Å²) in [5, 5.41) is 18.0. The molecule has 0 radical (unpaired) electrons. The van der Waals surface area contributed by atoms with Gasteiger partial charge in [0.15, 0.2) is 0 Å². The number of rotatable bonds is 6. The standard InChI is InChI=1S/C24H36N8O2S/c1-14-27-21(16-8-11-35-22(16)28-14)30-20(26)17-12-32(24(2,3)19(17)25)23(33)29-18(13-31(4)5)15-6-9-34-10-7-15/h8,11,15,18H,6-7,9-10,12-13,25H2,1-5H3,(H,29,33)(H2,26,27,28,30)/t18-/m1/s1. The Morgan fingerprint density at radius 2 is 2.09 bits per heavy atom. The van der Waals surface area contributed by atoms with Crippen molar-refractivity contribution in [3.05, 3.63) is 28.5 Å².